The second-order valence-corrected chi connectivity index (χ2v) is 15.1. The predicted molar refractivity (Wildman–Crippen MR) is 237 cm³/mol. The smallest absolute Gasteiger partial charge is 0.238 e. The molecule has 5 nitrogen and oxygen atoms in total. The zero-order chi connectivity index (χ0) is 38.2. The number of aryl methyl sites for hydroxylation is 1. The molecule has 0 unspecified atom stereocenters. The van der Waals surface area contributed by atoms with Crippen molar-refractivity contribution in [1.29, 1.82) is 0 Å². The topological polar surface area (TPSA) is 56.7 Å². The van der Waals surface area contributed by atoms with E-state index in [9.17, 15) is 0 Å². The molecule has 1 aliphatic carbocycles. The fourth-order valence-electron chi connectivity index (χ4n) is 8.95. The van der Waals surface area contributed by atoms with E-state index in [1.807, 2.05) is 18.2 Å². The molecule has 1 aliphatic rings. The molecule has 0 aliphatic heterocycles. The largest absolute Gasteiger partial charge is 0.456 e. The van der Waals surface area contributed by atoms with Crippen LogP contribution < -0.4 is 0 Å². The minimum Gasteiger partial charge on any atom is -0.456 e. The van der Waals surface area contributed by atoms with Crippen molar-refractivity contribution in [3.8, 4) is 39.9 Å². The van der Waals surface area contributed by atoms with Gasteiger partial charge in [-0.1, -0.05) is 158 Å². The van der Waals surface area contributed by atoms with Crippen molar-refractivity contribution in [2.24, 2.45) is 0 Å². The summed E-state index contributed by atoms with van der Waals surface area (Å²) in [5.74, 6) is 1.84. The lowest BCUT2D eigenvalue weighted by Gasteiger charge is -2.19. The van der Waals surface area contributed by atoms with Gasteiger partial charge in [0.25, 0.3) is 0 Å². The zero-order valence-electron chi connectivity index (χ0n) is 31.4. The molecule has 3 aromatic heterocycles. The average Bonchev–Trinajstić information content (AvgIpc) is 3.85. The number of rotatable bonds is 5. The Hall–Kier alpha value is -7.63. The summed E-state index contributed by atoms with van der Waals surface area (Å²) >= 11 is 0. The molecule has 8 aromatic carbocycles. The maximum atomic E-state index is 6.27. The number of hydrogen-bond acceptors (Lipinski definition) is 4. The number of benzene rings is 8. The molecule has 0 saturated heterocycles. The highest BCUT2D eigenvalue weighted by Crippen LogP contribution is 2.44. The van der Waals surface area contributed by atoms with Gasteiger partial charge in [0.05, 0.1) is 11.2 Å². The van der Waals surface area contributed by atoms with Crippen LogP contribution in [0.5, 0.6) is 0 Å². The SMILES string of the molecule is C1=C(c2ccc3oc4ccccc4c3c2)c2c(c3ccc4ccccc4c3n2-c2nc(-c3ccc(-c4ccccc4)cc3)nc(-c3ccc4ccccc4c3)n2)CC1. The van der Waals surface area contributed by atoms with Gasteiger partial charge in [-0.2, -0.15) is 9.97 Å². The first-order valence-electron chi connectivity index (χ1n) is 19.8. The number of allylic oxidation sites excluding steroid dienone is 1. The molecule has 5 heteroatoms. The van der Waals surface area contributed by atoms with Gasteiger partial charge >= 0.3 is 0 Å². The van der Waals surface area contributed by atoms with Gasteiger partial charge in [0.15, 0.2) is 11.6 Å². The van der Waals surface area contributed by atoms with Crippen LogP contribution in [0.2, 0.25) is 0 Å². The summed E-state index contributed by atoms with van der Waals surface area (Å²) in [6.45, 7) is 0. The van der Waals surface area contributed by atoms with Crippen LogP contribution in [-0.2, 0) is 6.42 Å². The number of fused-ring (bicyclic) bond motifs is 9. The summed E-state index contributed by atoms with van der Waals surface area (Å²) in [6, 6.07) is 62.0. The summed E-state index contributed by atoms with van der Waals surface area (Å²) in [4.78, 5) is 16.0. The molecule has 11 aromatic rings. The molecular weight excluding hydrogens is 709 g/mol. The Morgan fingerprint density at radius 3 is 1.93 bits per heavy atom. The van der Waals surface area contributed by atoms with Gasteiger partial charge in [-0.15, -0.1) is 0 Å². The number of furan rings is 1. The lowest BCUT2D eigenvalue weighted by atomic mass is 9.90. The Labute approximate surface area is 334 Å². The number of para-hydroxylation sites is 1. The van der Waals surface area contributed by atoms with E-state index < -0.39 is 0 Å². The third-order valence-corrected chi connectivity index (χ3v) is 11.7. The van der Waals surface area contributed by atoms with E-state index in [1.54, 1.807) is 0 Å². The van der Waals surface area contributed by atoms with Gasteiger partial charge in [-0.3, -0.25) is 4.57 Å². The standard InChI is InChI=1S/C53H34N4O/c1-2-11-33(12-3-1)35-21-24-37(25-22-35)51-54-52(40-26-23-34-13-4-5-15-38(34)31-40)56-53(55-51)57-49-41-16-7-6-14-36(41)27-29-45(49)44-19-10-18-42(50(44)57)39-28-30-48-46(32-39)43-17-8-9-20-47(43)58-48/h1-9,11-18,20-32H,10,19H2. The highest BCUT2D eigenvalue weighted by atomic mass is 16.3. The van der Waals surface area contributed by atoms with Gasteiger partial charge in [-0.05, 0) is 75.5 Å². The lowest BCUT2D eigenvalue weighted by molar-refractivity contribution is 0.669. The van der Waals surface area contributed by atoms with E-state index in [1.165, 1.54) is 27.3 Å². The molecular formula is C53H34N4O. The molecule has 3 heterocycles. The first-order valence-corrected chi connectivity index (χ1v) is 19.8. The fourth-order valence-corrected chi connectivity index (χ4v) is 8.95. The summed E-state index contributed by atoms with van der Waals surface area (Å²) in [5, 5.41) is 8.08. The van der Waals surface area contributed by atoms with Crippen LogP contribution in [-0.4, -0.2) is 19.5 Å². The van der Waals surface area contributed by atoms with Crippen molar-refractivity contribution in [1.82, 2.24) is 19.5 Å². The zero-order valence-corrected chi connectivity index (χ0v) is 31.4. The van der Waals surface area contributed by atoms with Crippen molar-refractivity contribution < 1.29 is 4.42 Å². The number of nitrogens with zero attached hydrogens (tertiary/aromatic N) is 4. The van der Waals surface area contributed by atoms with Crippen LogP contribution in [0.4, 0.5) is 0 Å². The van der Waals surface area contributed by atoms with Gasteiger partial charge < -0.3 is 4.42 Å². The van der Waals surface area contributed by atoms with E-state index in [0.29, 0.717) is 17.6 Å². The summed E-state index contributed by atoms with van der Waals surface area (Å²) in [5.41, 5.74) is 11.8. The third kappa shape index (κ3) is 5.21. The summed E-state index contributed by atoms with van der Waals surface area (Å²) in [6.07, 6.45) is 4.23. The van der Waals surface area contributed by atoms with Crippen molar-refractivity contribution in [3.63, 3.8) is 0 Å². The molecule has 0 radical (unpaired) electrons. The van der Waals surface area contributed by atoms with Crippen molar-refractivity contribution in [2.45, 2.75) is 12.8 Å². The van der Waals surface area contributed by atoms with E-state index >= 15 is 0 Å². The number of aromatic nitrogens is 4. The molecule has 0 fully saturated rings. The Morgan fingerprint density at radius 1 is 0.431 bits per heavy atom. The molecule has 272 valence electrons. The first kappa shape index (κ1) is 32.6. The van der Waals surface area contributed by atoms with Crippen LogP contribution >= 0.6 is 0 Å². The predicted octanol–water partition coefficient (Wildman–Crippen LogP) is 13.4. The van der Waals surface area contributed by atoms with Gasteiger partial charge in [0.2, 0.25) is 5.95 Å². The first-order chi connectivity index (χ1) is 28.7. The summed E-state index contributed by atoms with van der Waals surface area (Å²) < 4.78 is 8.59. The normalized spacial score (nSPS) is 12.8. The van der Waals surface area contributed by atoms with Crippen LogP contribution in [0.15, 0.2) is 186 Å². The quantitative estimate of drug-likeness (QED) is 0.176. The van der Waals surface area contributed by atoms with E-state index in [0.717, 1.165) is 84.6 Å². The van der Waals surface area contributed by atoms with Crippen molar-refractivity contribution >= 4 is 60.0 Å². The number of hydrogen-bond donors (Lipinski definition) is 0. The van der Waals surface area contributed by atoms with Crippen molar-refractivity contribution in [3.05, 3.63) is 199 Å². The Morgan fingerprint density at radius 2 is 1.07 bits per heavy atom. The van der Waals surface area contributed by atoms with Gasteiger partial charge in [0, 0.05) is 38.2 Å². The van der Waals surface area contributed by atoms with Crippen LogP contribution in [0.1, 0.15) is 23.2 Å². The molecule has 0 atom stereocenters. The fraction of sp³-hybridized carbons (Fsp3) is 0.0377. The molecule has 12 rings (SSSR count). The lowest BCUT2D eigenvalue weighted by Crippen LogP contribution is -2.11. The molecule has 0 saturated carbocycles. The highest BCUT2D eigenvalue weighted by Gasteiger charge is 2.28. The van der Waals surface area contributed by atoms with Gasteiger partial charge in [-0.25, -0.2) is 4.98 Å². The van der Waals surface area contributed by atoms with Crippen molar-refractivity contribution in [2.75, 3.05) is 0 Å². The second-order valence-electron chi connectivity index (χ2n) is 15.1. The molecule has 58 heavy (non-hydrogen) atoms. The molecule has 0 amide bonds. The minimum atomic E-state index is 0.588. The van der Waals surface area contributed by atoms with Crippen LogP contribution in [0, 0.1) is 0 Å². The van der Waals surface area contributed by atoms with Crippen LogP contribution in [0.3, 0.4) is 0 Å². The average molecular weight is 743 g/mol. The molecule has 0 bridgehead atoms. The second kappa shape index (κ2) is 13.0. The maximum Gasteiger partial charge on any atom is 0.238 e. The third-order valence-electron chi connectivity index (χ3n) is 11.7. The Kier molecular flexibility index (Phi) is 7.29. The maximum absolute atomic E-state index is 6.27. The van der Waals surface area contributed by atoms with E-state index in [-0.39, 0.29) is 0 Å². The Bertz CT molecular complexity index is 3450. The summed E-state index contributed by atoms with van der Waals surface area (Å²) in [7, 11) is 0. The Balaban J connectivity index is 1.13. The highest BCUT2D eigenvalue weighted by molar-refractivity contribution is 6.11. The molecule has 0 N–H and O–H groups in total. The molecule has 0 spiro atoms. The van der Waals surface area contributed by atoms with Crippen LogP contribution in [0.25, 0.3) is 99.8 Å². The van der Waals surface area contributed by atoms with E-state index in [4.69, 9.17) is 19.4 Å². The minimum absolute atomic E-state index is 0.588. The van der Waals surface area contributed by atoms with Gasteiger partial charge in [0.1, 0.15) is 11.2 Å². The van der Waals surface area contributed by atoms with E-state index in [2.05, 4.69) is 168 Å². The monoisotopic (exact) mass is 742 g/mol.